The summed E-state index contributed by atoms with van der Waals surface area (Å²) in [6.07, 6.45) is 1.51. The summed E-state index contributed by atoms with van der Waals surface area (Å²) in [6.45, 7) is 0. The van der Waals surface area contributed by atoms with E-state index in [-0.39, 0.29) is 5.89 Å². The fourth-order valence-electron chi connectivity index (χ4n) is 1.67. The predicted molar refractivity (Wildman–Crippen MR) is 77.4 cm³/mol. The molecule has 3 aromatic rings. The van der Waals surface area contributed by atoms with E-state index in [1.165, 1.54) is 6.20 Å². The van der Waals surface area contributed by atoms with E-state index < -0.39 is 0 Å². The van der Waals surface area contributed by atoms with Gasteiger partial charge in [-0.05, 0) is 24.3 Å². The first kappa shape index (κ1) is 12.9. The van der Waals surface area contributed by atoms with E-state index in [0.717, 1.165) is 0 Å². The normalized spacial score (nSPS) is 10.7. The number of hydrogen-bond acceptors (Lipinski definition) is 5. The molecule has 0 atom stereocenters. The van der Waals surface area contributed by atoms with E-state index in [4.69, 9.17) is 33.5 Å². The van der Waals surface area contributed by atoms with Crippen LogP contribution in [0.3, 0.4) is 0 Å². The zero-order valence-corrected chi connectivity index (χ0v) is 11.6. The second-order valence-corrected chi connectivity index (χ2v) is 4.83. The van der Waals surface area contributed by atoms with Crippen LogP contribution in [0.1, 0.15) is 0 Å². The topological polar surface area (TPSA) is 77.8 Å². The largest absolute Gasteiger partial charge is 0.397 e. The molecule has 3 rings (SSSR count). The quantitative estimate of drug-likeness (QED) is 0.731. The molecule has 0 aliphatic rings. The number of anilines is 1. The monoisotopic (exact) mass is 306 g/mol. The highest BCUT2D eigenvalue weighted by Crippen LogP contribution is 2.31. The molecule has 1 aromatic carbocycles. The first-order valence-corrected chi connectivity index (χ1v) is 6.41. The number of rotatable bonds is 2. The number of nitrogens with two attached hydrogens (primary N) is 1. The highest BCUT2D eigenvalue weighted by Gasteiger charge is 2.14. The number of pyridine rings is 1. The van der Waals surface area contributed by atoms with Crippen molar-refractivity contribution in [3.63, 3.8) is 0 Å². The molecule has 7 heteroatoms. The molecule has 100 valence electrons. The lowest BCUT2D eigenvalue weighted by atomic mass is 10.2. The highest BCUT2D eigenvalue weighted by molar-refractivity contribution is 6.33. The molecule has 5 nitrogen and oxygen atoms in total. The minimum atomic E-state index is 0.289. The van der Waals surface area contributed by atoms with Gasteiger partial charge in [0.05, 0.1) is 21.3 Å². The summed E-state index contributed by atoms with van der Waals surface area (Å²) in [4.78, 5) is 8.38. The molecule has 0 spiro atoms. The molecule has 2 N–H and O–H groups in total. The second kappa shape index (κ2) is 5.11. The average Bonchev–Trinajstić information content (AvgIpc) is 2.92. The molecule has 0 unspecified atom stereocenters. The van der Waals surface area contributed by atoms with Crippen molar-refractivity contribution in [2.24, 2.45) is 0 Å². The molecule has 0 radical (unpaired) electrons. The van der Waals surface area contributed by atoms with E-state index in [0.29, 0.717) is 32.8 Å². The summed E-state index contributed by atoms with van der Waals surface area (Å²) < 4.78 is 5.20. The van der Waals surface area contributed by atoms with Crippen molar-refractivity contribution in [2.45, 2.75) is 0 Å². The minimum Gasteiger partial charge on any atom is -0.397 e. The summed E-state index contributed by atoms with van der Waals surface area (Å²) in [5, 5.41) is 4.85. The van der Waals surface area contributed by atoms with Gasteiger partial charge in [0, 0.05) is 6.20 Å². The molecule has 2 heterocycles. The minimum absolute atomic E-state index is 0.289. The van der Waals surface area contributed by atoms with Crippen molar-refractivity contribution in [1.82, 2.24) is 15.1 Å². The van der Waals surface area contributed by atoms with Crippen LogP contribution in [0.5, 0.6) is 0 Å². The lowest BCUT2D eigenvalue weighted by molar-refractivity contribution is 0.432. The highest BCUT2D eigenvalue weighted by atomic mass is 35.5. The van der Waals surface area contributed by atoms with Crippen LogP contribution in [0.2, 0.25) is 10.0 Å². The Labute approximate surface area is 124 Å². The fraction of sp³-hybridized carbons (Fsp3) is 0. The molecular formula is C13H8Cl2N4O. The maximum atomic E-state index is 5.96. The van der Waals surface area contributed by atoms with Gasteiger partial charge in [-0.3, -0.25) is 4.98 Å². The van der Waals surface area contributed by atoms with Crippen LogP contribution in [0.15, 0.2) is 41.1 Å². The number of para-hydroxylation sites is 1. The van der Waals surface area contributed by atoms with Crippen molar-refractivity contribution in [2.75, 3.05) is 5.73 Å². The molecule has 20 heavy (non-hydrogen) atoms. The Morgan fingerprint density at radius 1 is 1.10 bits per heavy atom. The van der Waals surface area contributed by atoms with Gasteiger partial charge in [-0.25, -0.2) is 0 Å². The van der Waals surface area contributed by atoms with Crippen molar-refractivity contribution in [3.8, 4) is 23.0 Å². The predicted octanol–water partition coefficient (Wildman–Crippen LogP) is 3.69. The molecule has 0 aliphatic heterocycles. The van der Waals surface area contributed by atoms with Crippen LogP contribution in [0.4, 0.5) is 5.69 Å². The smallest absolute Gasteiger partial charge is 0.260 e. The summed E-state index contributed by atoms with van der Waals surface area (Å²) in [5.74, 6) is 0.646. The van der Waals surface area contributed by atoms with Gasteiger partial charge in [-0.2, -0.15) is 4.98 Å². The lowest BCUT2D eigenvalue weighted by Crippen LogP contribution is -1.91. The maximum Gasteiger partial charge on any atom is 0.260 e. The standard InChI is InChI=1S/C13H8Cl2N4O/c14-7-4-5-10(17-6-7)12-18-13(20-19-12)8-2-1-3-9(15)11(8)16/h1-6H,16H2. The van der Waals surface area contributed by atoms with Gasteiger partial charge in [0.25, 0.3) is 5.89 Å². The third kappa shape index (κ3) is 2.33. The molecule has 0 fully saturated rings. The van der Waals surface area contributed by atoms with Crippen LogP contribution >= 0.6 is 23.2 Å². The lowest BCUT2D eigenvalue weighted by Gasteiger charge is -2.01. The third-order valence-corrected chi connectivity index (χ3v) is 3.22. The number of hydrogen-bond donors (Lipinski definition) is 1. The average molecular weight is 307 g/mol. The summed E-state index contributed by atoms with van der Waals surface area (Å²) in [6, 6.07) is 8.62. The molecule has 2 aromatic heterocycles. The van der Waals surface area contributed by atoms with Gasteiger partial charge >= 0.3 is 0 Å². The van der Waals surface area contributed by atoms with Crippen molar-refractivity contribution in [3.05, 3.63) is 46.6 Å². The van der Waals surface area contributed by atoms with Crippen LogP contribution in [-0.2, 0) is 0 Å². The zero-order valence-electron chi connectivity index (χ0n) is 10.0. The van der Waals surface area contributed by atoms with E-state index in [1.807, 2.05) is 0 Å². The first-order valence-electron chi connectivity index (χ1n) is 5.65. The number of aromatic nitrogens is 3. The number of nitrogen functional groups attached to an aromatic ring is 1. The van der Waals surface area contributed by atoms with Crippen LogP contribution in [0, 0.1) is 0 Å². The Morgan fingerprint density at radius 3 is 2.70 bits per heavy atom. The second-order valence-electron chi connectivity index (χ2n) is 3.99. The van der Waals surface area contributed by atoms with Gasteiger partial charge in [0.1, 0.15) is 5.69 Å². The van der Waals surface area contributed by atoms with Gasteiger partial charge in [0.2, 0.25) is 5.82 Å². The van der Waals surface area contributed by atoms with Crippen LogP contribution in [-0.4, -0.2) is 15.1 Å². The van der Waals surface area contributed by atoms with E-state index in [1.54, 1.807) is 30.3 Å². The fourth-order valence-corrected chi connectivity index (χ4v) is 1.95. The Balaban J connectivity index is 2.02. The van der Waals surface area contributed by atoms with Crippen molar-refractivity contribution in [1.29, 1.82) is 0 Å². The molecule has 0 saturated heterocycles. The summed E-state index contributed by atoms with van der Waals surface area (Å²) in [7, 11) is 0. The number of nitrogens with zero attached hydrogens (tertiary/aromatic N) is 3. The SMILES string of the molecule is Nc1c(Cl)cccc1-c1nc(-c2ccc(Cl)cn2)no1. The molecule has 0 bridgehead atoms. The van der Waals surface area contributed by atoms with Crippen molar-refractivity contribution >= 4 is 28.9 Å². The molecule has 0 aliphatic carbocycles. The molecule has 0 saturated carbocycles. The Bertz CT molecular complexity index is 755. The van der Waals surface area contributed by atoms with Crippen LogP contribution < -0.4 is 5.73 Å². The van der Waals surface area contributed by atoms with E-state index in [9.17, 15) is 0 Å². The van der Waals surface area contributed by atoms with Crippen molar-refractivity contribution < 1.29 is 4.52 Å². The summed E-state index contributed by atoms with van der Waals surface area (Å²) >= 11 is 11.7. The number of benzene rings is 1. The number of halogens is 2. The molecular weight excluding hydrogens is 299 g/mol. The maximum absolute atomic E-state index is 5.96. The van der Waals surface area contributed by atoms with Crippen LogP contribution in [0.25, 0.3) is 23.0 Å². The molecule has 0 amide bonds. The third-order valence-electron chi connectivity index (χ3n) is 2.67. The van der Waals surface area contributed by atoms with Gasteiger partial charge in [0.15, 0.2) is 0 Å². The first-order chi connectivity index (χ1) is 9.65. The summed E-state index contributed by atoms with van der Waals surface area (Å²) in [5.41, 5.74) is 7.43. The van der Waals surface area contributed by atoms with Gasteiger partial charge in [-0.1, -0.05) is 34.4 Å². The Morgan fingerprint density at radius 2 is 1.95 bits per heavy atom. The van der Waals surface area contributed by atoms with Gasteiger partial charge in [-0.15, -0.1) is 0 Å². The van der Waals surface area contributed by atoms with E-state index in [2.05, 4.69) is 15.1 Å². The zero-order chi connectivity index (χ0) is 14.1. The van der Waals surface area contributed by atoms with Gasteiger partial charge < -0.3 is 10.3 Å². The Kier molecular flexibility index (Phi) is 3.30. The van der Waals surface area contributed by atoms with E-state index >= 15 is 0 Å². The Hall–Kier alpha value is -2.11.